The summed E-state index contributed by atoms with van der Waals surface area (Å²) in [7, 11) is 3.62. The molecule has 1 saturated carbocycles. The van der Waals surface area contributed by atoms with Gasteiger partial charge in [-0.05, 0) is 35.7 Å². The van der Waals surface area contributed by atoms with Crippen LogP contribution in [-0.2, 0) is 11.2 Å². The summed E-state index contributed by atoms with van der Waals surface area (Å²) in [5.41, 5.74) is 1.16. The molecule has 0 aromatic carbocycles. The molecule has 2 rings (SSSR count). The standard InChI is InChI=1S/C14H22BrN3O/c1-9(19-3)8-11-17-13(10-6-4-5-7-10)12(15)14(16-2)18-11/h9-10H,4-8H2,1-3H3,(H,16,17,18). The minimum atomic E-state index is 0.141. The second-order valence-corrected chi connectivity index (χ2v) is 5.96. The van der Waals surface area contributed by atoms with Crippen LogP contribution < -0.4 is 5.32 Å². The molecule has 1 aromatic rings. The molecular formula is C14H22BrN3O. The number of hydrogen-bond acceptors (Lipinski definition) is 4. The molecule has 1 heterocycles. The summed E-state index contributed by atoms with van der Waals surface area (Å²) in [6.07, 6.45) is 5.97. The molecule has 19 heavy (non-hydrogen) atoms. The molecule has 4 nitrogen and oxygen atoms in total. The minimum Gasteiger partial charge on any atom is -0.381 e. The van der Waals surface area contributed by atoms with E-state index in [1.165, 1.54) is 25.7 Å². The fourth-order valence-electron chi connectivity index (χ4n) is 2.58. The zero-order chi connectivity index (χ0) is 13.8. The van der Waals surface area contributed by atoms with Gasteiger partial charge in [-0.3, -0.25) is 0 Å². The van der Waals surface area contributed by atoms with Gasteiger partial charge in [0.2, 0.25) is 0 Å². The Morgan fingerprint density at radius 2 is 2.05 bits per heavy atom. The van der Waals surface area contributed by atoms with Crippen LogP contribution in [-0.4, -0.2) is 30.2 Å². The molecule has 1 atom stereocenters. The first-order valence-electron chi connectivity index (χ1n) is 6.92. The molecule has 0 amide bonds. The molecule has 1 fully saturated rings. The van der Waals surface area contributed by atoms with E-state index in [-0.39, 0.29) is 6.10 Å². The number of aromatic nitrogens is 2. The molecule has 0 bridgehead atoms. The van der Waals surface area contributed by atoms with E-state index in [0.717, 1.165) is 28.2 Å². The molecule has 1 unspecified atom stereocenters. The Bertz CT molecular complexity index is 433. The third-order valence-electron chi connectivity index (χ3n) is 3.77. The first-order chi connectivity index (χ1) is 9.15. The fourth-order valence-corrected chi connectivity index (χ4v) is 3.28. The number of halogens is 1. The van der Waals surface area contributed by atoms with E-state index in [9.17, 15) is 0 Å². The molecule has 1 aliphatic carbocycles. The number of nitrogens with zero attached hydrogens (tertiary/aromatic N) is 2. The summed E-state index contributed by atoms with van der Waals surface area (Å²) in [4.78, 5) is 9.33. The molecule has 0 radical (unpaired) electrons. The number of hydrogen-bond donors (Lipinski definition) is 1. The van der Waals surface area contributed by atoms with Gasteiger partial charge in [-0.25, -0.2) is 9.97 Å². The van der Waals surface area contributed by atoms with Crippen molar-refractivity contribution in [1.29, 1.82) is 0 Å². The average molecular weight is 328 g/mol. The Labute approximate surface area is 123 Å². The lowest BCUT2D eigenvalue weighted by Gasteiger charge is -2.16. The molecular weight excluding hydrogens is 306 g/mol. The molecule has 106 valence electrons. The highest BCUT2D eigenvalue weighted by Gasteiger charge is 2.24. The quantitative estimate of drug-likeness (QED) is 0.898. The largest absolute Gasteiger partial charge is 0.381 e. The summed E-state index contributed by atoms with van der Waals surface area (Å²) in [5.74, 6) is 2.32. The number of anilines is 1. The Balaban J connectivity index is 2.31. The van der Waals surface area contributed by atoms with Gasteiger partial charge >= 0.3 is 0 Å². The second-order valence-electron chi connectivity index (χ2n) is 5.17. The molecule has 0 aliphatic heterocycles. The van der Waals surface area contributed by atoms with Crippen molar-refractivity contribution in [3.05, 3.63) is 16.0 Å². The third-order valence-corrected chi connectivity index (χ3v) is 4.56. The highest BCUT2D eigenvalue weighted by atomic mass is 79.9. The van der Waals surface area contributed by atoms with Crippen molar-refractivity contribution in [3.8, 4) is 0 Å². The number of ether oxygens (including phenoxy) is 1. The van der Waals surface area contributed by atoms with E-state index in [0.29, 0.717) is 5.92 Å². The molecule has 1 aliphatic rings. The first-order valence-corrected chi connectivity index (χ1v) is 7.71. The van der Waals surface area contributed by atoms with Gasteiger partial charge in [-0.15, -0.1) is 0 Å². The SMILES string of the molecule is CNc1nc(CC(C)OC)nc(C2CCCC2)c1Br. The Morgan fingerprint density at radius 1 is 1.37 bits per heavy atom. The summed E-state index contributed by atoms with van der Waals surface area (Å²) in [6.45, 7) is 2.04. The van der Waals surface area contributed by atoms with E-state index in [1.54, 1.807) is 7.11 Å². The van der Waals surface area contributed by atoms with Gasteiger partial charge in [0.05, 0.1) is 16.3 Å². The predicted molar refractivity (Wildman–Crippen MR) is 80.7 cm³/mol. The van der Waals surface area contributed by atoms with Crippen molar-refractivity contribution in [3.63, 3.8) is 0 Å². The smallest absolute Gasteiger partial charge is 0.144 e. The van der Waals surface area contributed by atoms with Crippen LogP contribution in [0.25, 0.3) is 0 Å². The predicted octanol–water partition coefficient (Wildman–Crippen LogP) is 3.52. The van der Waals surface area contributed by atoms with Crippen molar-refractivity contribution >= 4 is 21.7 Å². The highest BCUT2D eigenvalue weighted by Crippen LogP contribution is 2.38. The number of rotatable bonds is 5. The summed E-state index contributed by atoms with van der Waals surface area (Å²) < 4.78 is 6.33. The van der Waals surface area contributed by atoms with Gasteiger partial charge in [0.25, 0.3) is 0 Å². The second kappa shape index (κ2) is 6.66. The monoisotopic (exact) mass is 327 g/mol. The fraction of sp³-hybridized carbons (Fsp3) is 0.714. The van der Waals surface area contributed by atoms with Gasteiger partial charge in [0.15, 0.2) is 0 Å². The normalized spacial score (nSPS) is 17.7. The van der Waals surface area contributed by atoms with Gasteiger partial charge in [0.1, 0.15) is 11.6 Å². The summed E-state index contributed by atoms with van der Waals surface area (Å²) >= 11 is 3.65. The minimum absolute atomic E-state index is 0.141. The Morgan fingerprint density at radius 3 is 2.63 bits per heavy atom. The summed E-state index contributed by atoms with van der Waals surface area (Å²) in [5, 5.41) is 3.15. The highest BCUT2D eigenvalue weighted by molar-refractivity contribution is 9.10. The zero-order valence-electron chi connectivity index (χ0n) is 11.9. The van der Waals surface area contributed by atoms with E-state index in [2.05, 4.69) is 26.2 Å². The third kappa shape index (κ3) is 3.45. The molecule has 1 N–H and O–H groups in total. The van der Waals surface area contributed by atoms with Gasteiger partial charge in [-0.2, -0.15) is 0 Å². The Kier molecular flexibility index (Phi) is 5.16. The van der Waals surface area contributed by atoms with Gasteiger partial charge in [0, 0.05) is 26.5 Å². The average Bonchev–Trinajstić information content (AvgIpc) is 2.94. The molecule has 1 aromatic heterocycles. The molecule has 5 heteroatoms. The van der Waals surface area contributed by atoms with Crippen LogP contribution >= 0.6 is 15.9 Å². The van der Waals surface area contributed by atoms with Crippen molar-refractivity contribution in [2.45, 2.75) is 51.0 Å². The molecule has 0 spiro atoms. The number of methoxy groups -OCH3 is 1. The van der Waals surface area contributed by atoms with Crippen molar-refractivity contribution < 1.29 is 4.74 Å². The van der Waals surface area contributed by atoms with Crippen LogP contribution in [0, 0.1) is 0 Å². The zero-order valence-corrected chi connectivity index (χ0v) is 13.5. The lowest BCUT2D eigenvalue weighted by Crippen LogP contribution is -2.14. The lowest BCUT2D eigenvalue weighted by atomic mass is 10.0. The number of nitrogens with one attached hydrogen (secondary N) is 1. The van der Waals surface area contributed by atoms with Crippen LogP contribution in [0.15, 0.2) is 4.47 Å². The van der Waals surface area contributed by atoms with Gasteiger partial charge < -0.3 is 10.1 Å². The van der Waals surface area contributed by atoms with E-state index >= 15 is 0 Å². The van der Waals surface area contributed by atoms with Crippen LogP contribution in [0.4, 0.5) is 5.82 Å². The van der Waals surface area contributed by atoms with Crippen molar-refractivity contribution in [1.82, 2.24) is 9.97 Å². The van der Waals surface area contributed by atoms with E-state index in [1.807, 2.05) is 14.0 Å². The topological polar surface area (TPSA) is 47.0 Å². The Hall–Kier alpha value is -0.680. The van der Waals surface area contributed by atoms with Crippen LogP contribution in [0.2, 0.25) is 0 Å². The van der Waals surface area contributed by atoms with Crippen LogP contribution in [0.1, 0.15) is 50.0 Å². The van der Waals surface area contributed by atoms with Crippen LogP contribution in [0.3, 0.4) is 0 Å². The maximum atomic E-state index is 5.31. The van der Waals surface area contributed by atoms with E-state index < -0.39 is 0 Å². The van der Waals surface area contributed by atoms with Crippen molar-refractivity contribution in [2.75, 3.05) is 19.5 Å². The van der Waals surface area contributed by atoms with Gasteiger partial charge in [-0.1, -0.05) is 12.8 Å². The maximum Gasteiger partial charge on any atom is 0.144 e. The maximum absolute atomic E-state index is 5.31. The molecule has 0 saturated heterocycles. The lowest BCUT2D eigenvalue weighted by molar-refractivity contribution is 0.117. The van der Waals surface area contributed by atoms with E-state index in [4.69, 9.17) is 9.72 Å². The summed E-state index contributed by atoms with van der Waals surface area (Å²) in [6, 6.07) is 0. The van der Waals surface area contributed by atoms with Crippen molar-refractivity contribution in [2.24, 2.45) is 0 Å². The first kappa shape index (κ1) is 14.7. The van der Waals surface area contributed by atoms with Crippen LogP contribution in [0.5, 0.6) is 0 Å².